The van der Waals surface area contributed by atoms with Crippen LogP contribution in [0.15, 0.2) is 72.8 Å². The van der Waals surface area contributed by atoms with Gasteiger partial charge in [0.1, 0.15) is 0 Å². The molecule has 5 heteroatoms. The van der Waals surface area contributed by atoms with E-state index in [2.05, 4.69) is 5.32 Å². The normalized spacial score (nSPS) is 10.8. The topological polar surface area (TPSA) is 59.1 Å². The van der Waals surface area contributed by atoms with E-state index < -0.39 is 0 Å². The Morgan fingerprint density at radius 1 is 0.933 bits per heavy atom. The van der Waals surface area contributed by atoms with Crippen molar-refractivity contribution in [1.82, 2.24) is 4.98 Å². The summed E-state index contributed by atoms with van der Waals surface area (Å²) < 4.78 is 0. The molecule has 0 fully saturated rings. The number of fused-ring (bicyclic) bond motifs is 1. The van der Waals surface area contributed by atoms with Crippen molar-refractivity contribution >= 4 is 39.9 Å². The second-order valence-electron chi connectivity index (χ2n) is 7.08. The third kappa shape index (κ3) is 3.82. The van der Waals surface area contributed by atoms with Gasteiger partial charge in [-0.3, -0.25) is 9.59 Å². The van der Waals surface area contributed by atoms with Crippen LogP contribution in [0.5, 0.6) is 0 Å². The Morgan fingerprint density at radius 2 is 1.70 bits per heavy atom. The first kappa shape index (κ1) is 19.8. The molecule has 0 atom stereocenters. The summed E-state index contributed by atoms with van der Waals surface area (Å²) >= 11 is 6.32. The fourth-order valence-electron chi connectivity index (χ4n) is 3.36. The van der Waals surface area contributed by atoms with E-state index in [0.717, 1.165) is 16.5 Å². The number of carbonyl (C=O) groups excluding carboxylic acids is 2. The van der Waals surface area contributed by atoms with E-state index in [0.29, 0.717) is 33.0 Å². The van der Waals surface area contributed by atoms with Crippen molar-refractivity contribution in [2.24, 2.45) is 0 Å². The number of benzene rings is 3. The van der Waals surface area contributed by atoms with E-state index in [1.165, 1.54) is 6.92 Å². The van der Waals surface area contributed by atoms with Crippen molar-refractivity contribution in [2.45, 2.75) is 13.8 Å². The standard InChI is InChI=1S/C25H19ClN2O2/c1-15-22(26)12-11-20-21(14-23(28-24(15)20)17-7-4-3-5-8-17)25(30)27-19-10-6-9-18(13-19)16(2)29/h3-14H,1-2H3,(H,27,30). The smallest absolute Gasteiger partial charge is 0.256 e. The molecule has 4 nitrogen and oxygen atoms in total. The monoisotopic (exact) mass is 414 g/mol. The Morgan fingerprint density at radius 3 is 2.43 bits per heavy atom. The molecular weight excluding hydrogens is 396 g/mol. The van der Waals surface area contributed by atoms with Crippen molar-refractivity contribution in [2.75, 3.05) is 5.32 Å². The molecule has 3 aromatic carbocycles. The zero-order valence-corrected chi connectivity index (χ0v) is 17.3. The second kappa shape index (κ2) is 8.09. The first-order valence-electron chi connectivity index (χ1n) is 9.51. The van der Waals surface area contributed by atoms with Crippen molar-refractivity contribution < 1.29 is 9.59 Å². The number of anilines is 1. The summed E-state index contributed by atoms with van der Waals surface area (Å²) in [6.07, 6.45) is 0. The number of carbonyl (C=O) groups is 2. The summed E-state index contributed by atoms with van der Waals surface area (Å²) in [6.45, 7) is 3.39. The third-order valence-electron chi connectivity index (χ3n) is 5.01. The number of Topliss-reactive ketones (excluding diaryl/α,β-unsaturated/α-hetero) is 1. The van der Waals surface area contributed by atoms with E-state index in [4.69, 9.17) is 16.6 Å². The molecular formula is C25H19ClN2O2. The highest BCUT2D eigenvalue weighted by Crippen LogP contribution is 2.30. The lowest BCUT2D eigenvalue weighted by atomic mass is 10.0. The van der Waals surface area contributed by atoms with Gasteiger partial charge < -0.3 is 5.32 Å². The Labute approximate surface area is 179 Å². The average Bonchev–Trinajstić information content (AvgIpc) is 2.76. The molecule has 0 aliphatic carbocycles. The average molecular weight is 415 g/mol. The molecule has 0 bridgehead atoms. The third-order valence-corrected chi connectivity index (χ3v) is 5.42. The molecule has 1 heterocycles. The van der Waals surface area contributed by atoms with E-state index >= 15 is 0 Å². The number of nitrogens with one attached hydrogen (secondary N) is 1. The zero-order chi connectivity index (χ0) is 21.3. The minimum Gasteiger partial charge on any atom is -0.322 e. The maximum absolute atomic E-state index is 13.2. The van der Waals surface area contributed by atoms with E-state index in [1.54, 1.807) is 36.4 Å². The summed E-state index contributed by atoms with van der Waals surface area (Å²) in [5.41, 5.74) is 4.70. The maximum Gasteiger partial charge on any atom is 0.256 e. The molecule has 1 amide bonds. The maximum atomic E-state index is 13.2. The van der Waals surface area contributed by atoms with Crippen LogP contribution in [0.2, 0.25) is 5.02 Å². The predicted molar refractivity (Wildman–Crippen MR) is 121 cm³/mol. The highest BCUT2D eigenvalue weighted by Gasteiger charge is 2.17. The highest BCUT2D eigenvalue weighted by atomic mass is 35.5. The van der Waals surface area contributed by atoms with Crippen molar-refractivity contribution in [3.8, 4) is 11.3 Å². The van der Waals surface area contributed by atoms with Crippen LogP contribution in [0.25, 0.3) is 22.2 Å². The minimum absolute atomic E-state index is 0.0582. The predicted octanol–water partition coefficient (Wildman–Crippen LogP) is 6.32. The zero-order valence-electron chi connectivity index (χ0n) is 16.6. The van der Waals surface area contributed by atoms with Gasteiger partial charge >= 0.3 is 0 Å². The number of pyridine rings is 1. The van der Waals surface area contributed by atoms with Crippen LogP contribution in [-0.2, 0) is 0 Å². The number of nitrogens with zero attached hydrogens (tertiary/aromatic N) is 1. The lowest BCUT2D eigenvalue weighted by Crippen LogP contribution is -2.13. The summed E-state index contributed by atoms with van der Waals surface area (Å²) in [6, 6.07) is 22.0. The summed E-state index contributed by atoms with van der Waals surface area (Å²) in [7, 11) is 0. The molecule has 0 unspecified atom stereocenters. The van der Waals surface area contributed by atoms with Crippen LogP contribution in [0.3, 0.4) is 0 Å². The van der Waals surface area contributed by atoms with Crippen LogP contribution in [0.4, 0.5) is 5.69 Å². The Balaban J connectivity index is 1.84. The van der Waals surface area contributed by atoms with Gasteiger partial charge in [-0.2, -0.15) is 0 Å². The molecule has 0 saturated heterocycles. The first-order chi connectivity index (χ1) is 14.4. The number of hydrogen-bond acceptors (Lipinski definition) is 3. The SMILES string of the molecule is CC(=O)c1cccc(NC(=O)c2cc(-c3ccccc3)nc3c(C)c(Cl)ccc23)c1. The van der Waals surface area contributed by atoms with Gasteiger partial charge in [0.2, 0.25) is 0 Å². The Bertz CT molecular complexity index is 1280. The lowest BCUT2D eigenvalue weighted by Gasteiger charge is -2.13. The number of rotatable bonds is 4. The second-order valence-corrected chi connectivity index (χ2v) is 7.49. The van der Waals surface area contributed by atoms with E-state index in [1.807, 2.05) is 43.3 Å². The quantitative estimate of drug-likeness (QED) is 0.397. The number of ketones is 1. The summed E-state index contributed by atoms with van der Waals surface area (Å²) in [4.78, 5) is 29.7. The molecule has 1 aromatic heterocycles. The van der Waals surface area contributed by atoms with Crippen molar-refractivity contribution in [3.05, 3.63) is 94.5 Å². The lowest BCUT2D eigenvalue weighted by molar-refractivity contribution is 0.101. The molecule has 0 radical (unpaired) electrons. The molecule has 0 aliphatic rings. The van der Waals surface area contributed by atoms with Gasteiger partial charge in [-0.15, -0.1) is 0 Å². The van der Waals surface area contributed by atoms with Crippen LogP contribution in [0, 0.1) is 6.92 Å². The van der Waals surface area contributed by atoms with E-state index in [9.17, 15) is 9.59 Å². The van der Waals surface area contributed by atoms with Gasteiger partial charge in [-0.05, 0) is 43.7 Å². The molecule has 4 aromatic rings. The Hall–Kier alpha value is -3.50. The largest absolute Gasteiger partial charge is 0.322 e. The highest BCUT2D eigenvalue weighted by molar-refractivity contribution is 6.32. The van der Waals surface area contributed by atoms with Gasteiger partial charge in [0.15, 0.2) is 5.78 Å². The molecule has 148 valence electrons. The molecule has 0 spiro atoms. The van der Waals surface area contributed by atoms with Gasteiger partial charge in [0.05, 0.1) is 16.8 Å². The van der Waals surface area contributed by atoms with Crippen LogP contribution in [0.1, 0.15) is 33.2 Å². The number of amides is 1. The van der Waals surface area contributed by atoms with Crippen molar-refractivity contribution in [3.63, 3.8) is 0 Å². The fraction of sp³-hybridized carbons (Fsp3) is 0.0800. The van der Waals surface area contributed by atoms with Crippen LogP contribution >= 0.6 is 11.6 Å². The summed E-state index contributed by atoms with van der Waals surface area (Å²) in [5, 5.41) is 4.22. The van der Waals surface area contributed by atoms with Crippen molar-refractivity contribution in [1.29, 1.82) is 0 Å². The molecule has 30 heavy (non-hydrogen) atoms. The minimum atomic E-state index is -0.276. The Kier molecular flexibility index (Phi) is 5.34. The van der Waals surface area contributed by atoms with E-state index in [-0.39, 0.29) is 11.7 Å². The van der Waals surface area contributed by atoms with Crippen LogP contribution < -0.4 is 5.32 Å². The molecule has 0 saturated carbocycles. The molecule has 0 aliphatic heterocycles. The number of aryl methyl sites for hydroxylation is 1. The summed E-state index contributed by atoms with van der Waals surface area (Å²) in [5.74, 6) is -0.334. The molecule has 1 N–H and O–H groups in total. The number of aromatic nitrogens is 1. The van der Waals surface area contributed by atoms with Gasteiger partial charge in [0, 0.05) is 27.2 Å². The fourth-order valence-corrected chi connectivity index (χ4v) is 3.52. The van der Waals surface area contributed by atoms with Gasteiger partial charge in [0.25, 0.3) is 5.91 Å². The van der Waals surface area contributed by atoms with Crippen LogP contribution in [-0.4, -0.2) is 16.7 Å². The van der Waals surface area contributed by atoms with Gasteiger partial charge in [-0.1, -0.05) is 60.1 Å². The van der Waals surface area contributed by atoms with Gasteiger partial charge in [-0.25, -0.2) is 4.98 Å². The first-order valence-corrected chi connectivity index (χ1v) is 9.89. The molecule has 4 rings (SSSR count). The number of hydrogen-bond donors (Lipinski definition) is 1. The number of halogens is 1.